The summed E-state index contributed by atoms with van der Waals surface area (Å²) in [4.78, 5) is 11.5. The largest absolute Gasteiger partial charge is 0.489 e. The number of alkyl halides is 3. The molecule has 2 aromatic rings. The summed E-state index contributed by atoms with van der Waals surface area (Å²) in [7, 11) is 0. The third kappa shape index (κ3) is 4.04. The molecule has 0 amide bonds. The summed E-state index contributed by atoms with van der Waals surface area (Å²) >= 11 is 4.77. The molecule has 0 saturated carbocycles. The van der Waals surface area contributed by atoms with E-state index in [1.165, 1.54) is 12.1 Å². The van der Waals surface area contributed by atoms with E-state index in [-0.39, 0.29) is 5.56 Å². The van der Waals surface area contributed by atoms with Crippen molar-refractivity contribution in [2.75, 3.05) is 0 Å². The Bertz CT molecular complexity index is 676. The van der Waals surface area contributed by atoms with Gasteiger partial charge in [-0.3, -0.25) is 4.79 Å². The highest BCUT2D eigenvalue weighted by Crippen LogP contribution is 2.28. The number of aryl methyl sites for hydroxylation is 2. The third-order valence-electron chi connectivity index (χ3n) is 3.23. The lowest BCUT2D eigenvalue weighted by molar-refractivity contribution is 0.0535. The normalized spacial score (nSPS) is 11.3. The number of ether oxygens (including phenoxy) is 1. The van der Waals surface area contributed by atoms with Crippen LogP contribution in [0, 0.1) is 13.8 Å². The van der Waals surface area contributed by atoms with Gasteiger partial charge in [0.1, 0.15) is 12.4 Å². The summed E-state index contributed by atoms with van der Waals surface area (Å²) in [6, 6.07) is 12.2. The van der Waals surface area contributed by atoms with E-state index >= 15 is 0 Å². The lowest BCUT2D eigenvalue weighted by Crippen LogP contribution is -2.22. The molecule has 5 heteroatoms. The van der Waals surface area contributed by atoms with Crippen molar-refractivity contribution >= 4 is 17.4 Å². The Morgan fingerprint density at radius 1 is 1.14 bits per heavy atom. The topological polar surface area (TPSA) is 26.3 Å². The Balaban J connectivity index is 2.09. The van der Waals surface area contributed by atoms with Crippen molar-refractivity contribution in [1.29, 1.82) is 0 Å². The van der Waals surface area contributed by atoms with Crippen molar-refractivity contribution in [3.8, 4) is 5.75 Å². The zero-order valence-electron chi connectivity index (χ0n) is 12.2. The monoisotopic (exact) mass is 324 g/mol. The molecular weight excluding hydrogens is 310 g/mol. The van der Waals surface area contributed by atoms with Crippen LogP contribution >= 0.6 is 11.6 Å². The first-order valence-electron chi connectivity index (χ1n) is 6.68. The molecule has 2 rings (SSSR count). The van der Waals surface area contributed by atoms with Crippen LogP contribution in [0.3, 0.4) is 0 Å². The lowest BCUT2D eigenvalue weighted by atomic mass is 10.0. The Hall–Kier alpha value is -1.94. The first-order chi connectivity index (χ1) is 10.3. The number of rotatable bonds is 5. The van der Waals surface area contributed by atoms with Gasteiger partial charge in [-0.25, -0.2) is 0 Å². The molecule has 0 N–H and O–H groups in total. The number of ketones is 1. The molecule has 0 fully saturated rings. The Morgan fingerprint density at radius 3 is 2.32 bits per heavy atom. The van der Waals surface area contributed by atoms with E-state index in [9.17, 15) is 13.6 Å². The van der Waals surface area contributed by atoms with Gasteiger partial charge in [-0.05, 0) is 54.8 Å². The van der Waals surface area contributed by atoms with Gasteiger partial charge in [0.05, 0.1) is 0 Å². The van der Waals surface area contributed by atoms with Crippen molar-refractivity contribution in [2.45, 2.75) is 25.8 Å². The highest BCUT2D eigenvalue weighted by Gasteiger charge is 2.37. The molecule has 0 bridgehead atoms. The van der Waals surface area contributed by atoms with Crippen LogP contribution in [0.15, 0.2) is 42.5 Å². The Kier molecular flexibility index (Phi) is 4.81. The molecule has 0 aliphatic heterocycles. The zero-order chi connectivity index (χ0) is 16.3. The summed E-state index contributed by atoms with van der Waals surface area (Å²) in [5.74, 6) is -0.899. The van der Waals surface area contributed by atoms with Crippen molar-refractivity contribution in [1.82, 2.24) is 0 Å². The molecule has 0 radical (unpaired) electrons. The minimum Gasteiger partial charge on any atom is -0.489 e. The van der Waals surface area contributed by atoms with Gasteiger partial charge in [0.25, 0.3) is 0 Å². The molecule has 116 valence electrons. The number of carbonyl (C=O) groups is 1. The fraction of sp³-hybridized carbons (Fsp3) is 0.235. The first kappa shape index (κ1) is 16.4. The van der Waals surface area contributed by atoms with E-state index in [1.807, 2.05) is 31.2 Å². The molecule has 0 heterocycles. The van der Waals surface area contributed by atoms with Crippen LogP contribution in [-0.4, -0.2) is 11.2 Å². The van der Waals surface area contributed by atoms with E-state index < -0.39 is 11.2 Å². The van der Waals surface area contributed by atoms with Crippen LogP contribution < -0.4 is 4.74 Å². The maximum atomic E-state index is 12.9. The fourth-order valence-corrected chi connectivity index (χ4v) is 2.09. The van der Waals surface area contributed by atoms with Gasteiger partial charge >= 0.3 is 5.38 Å². The van der Waals surface area contributed by atoms with Gasteiger partial charge in [-0.15, -0.1) is 0 Å². The van der Waals surface area contributed by atoms with Gasteiger partial charge < -0.3 is 4.74 Å². The minimum absolute atomic E-state index is 0.109. The van der Waals surface area contributed by atoms with Crippen LogP contribution in [0.25, 0.3) is 0 Å². The van der Waals surface area contributed by atoms with Crippen LogP contribution in [0.1, 0.15) is 27.0 Å². The smallest absolute Gasteiger partial charge is 0.384 e. The fourth-order valence-electron chi connectivity index (χ4n) is 1.98. The molecular formula is C17H15ClF2O2. The second-order valence-corrected chi connectivity index (χ2v) is 5.55. The molecule has 2 aromatic carbocycles. The van der Waals surface area contributed by atoms with Gasteiger partial charge in [-0.2, -0.15) is 8.78 Å². The summed E-state index contributed by atoms with van der Waals surface area (Å²) in [6.45, 7) is 3.92. The van der Waals surface area contributed by atoms with E-state index in [1.54, 1.807) is 13.0 Å². The SMILES string of the molecule is Cc1ccc(COc2ccc(C(=O)C(F)(F)Cl)c(C)c2)cc1. The number of halogens is 3. The van der Waals surface area contributed by atoms with Crippen LogP contribution in [0.4, 0.5) is 8.78 Å². The number of carbonyl (C=O) groups excluding carboxylic acids is 1. The van der Waals surface area contributed by atoms with E-state index in [2.05, 4.69) is 0 Å². The number of hydrogen-bond acceptors (Lipinski definition) is 2. The van der Waals surface area contributed by atoms with Crippen molar-refractivity contribution in [3.05, 3.63) is 64.7 Å². The molecule has 0 aliphatic rings. The minimum atomic E-state index is -3.89. The summed E-state index contributed by atoms with van der Waals surface area (Å²) in [5, 5.41) is -3.89. The number of Topliss-reactive ketones (excluding diaryl/α,β-unsaturated/α-hetero) is 1. The maximum Gasteiger partial charge on any atom is 0.384 e. The first-order valence-corrected chi connectivity index (χ1v) is 7.05. The molecule has 2 nitrogen and oxygen atoms in total. The van der Waals surface area contributed by atoms with Crippen LogP contribution in [0.5, 0.6) is 5.75 Å². The molecule has 0 unspecified atom stereocenters. The van der Waals surface area contributed by atoms with Crippen LogP contribution in [-0.2, 0) is 6.61 Å². The Morgan fingerprint density at radius 2 is 1.77 bits per heavy atom. The van der Waals surface area contributed by atoms with E-state index in [0.29, 0.717) is 17.9 Å². The molecule has 22 heavy (non-hydrogen) atoms. The van der Waals surface area contributed by atoms with Gasteiger partial charge in [0, 0.05) is 5.56 Å². The second kappa shape index (κ2) is 6.44. The second-order valence-electron chi connectivity index (χ2n) is 5.08. The standard InChI is InChI=1S/C17H15ClF2O2/c1-11-3-5-13(6-4-11)10-22-14-7-8-15(12(2)9-14)16(21)17(18,19)20/h3-9H,10H2,1-2H3. The van der Waals surface area contributed by atoms with E-state index in [4.69, 9.17) is 16.3 Å². The van der Waals surface area contributed by atoms with Crippen LogP contribution in [0.2, 0.25) is 0 Å². The van der Waals surface area contributed by atoms with Gasteiger partial charge in [0.2, 0.25) is 5.78 Å². The summed E-state index contributed by atoms with van der Waals surface area (Å²) < 4.78 is 31.3. The summed E-state index contributed by atoms with van der Waals surface area (Å²) in [6.07, 6.45) is 0. The average Bonchev–Trinajstić information content (AvgIpc) is 2.45. The molecule has 0 spiro atoms. The maximum absolute atomic E-state index is 12.9. The average molecular weight is 325 g/mol. The molecule has 0 atom stereocenters. The lowest BCUT2D eigenvalue weighted by Gasteiger charge is -2.12. The van der Waals surface area contributed by atoms with Crippen molar-refractivity contribution in [2.24, 2.45) is 0 Å². The predicted molar refractivity (Wildman–Crippen MR) is 81.8 cm³/mol. The van der Waals surface area contributed by atoms with Crippen molar-refractivity contribution in [3.63, 3.8) is 0 Å². The van der Waals surface area contributed by atoms with E-state index in [0.717, 1.165) is 11.1 Å². The molecule has 0 saturated heterocycles. The number of benzene rings is 2. The zero-order valence-corrected chi connectivity index (χ0v) is 13.0. The number of hydrogen-bond donors (Lipinski definition) is 0. The van der Waals surface area contributed by atoms with Gasteiger partial charge in [0.15, 0.2) is 0 Å². The van der Waals surface area contributed by atoms with Gasteiger partial charge in [-0.1, -0.05) is 29.8 Å². The summed E-state index contributed by atoms with van der Waals surface area (Å²) in [5.41, 5.74) is 2.44. The molecule has 0 aliphatic carbocycles. The van der Waals surface area contributed by atoms with Crippen molar-refractivity contribution < 1.29 is 18.3 Å². The quantitative estimate of drug-likeness (QED) is 0.578. The highest BCUT2D eigenvalue weighted by atomic mass is 35.5. The Labute approximate surface area is 132 Å². The molecule has 0 aromatic heterocycles. The predicted octanol–water partition coefficient (Wildman–Crippen LogP) is 4.90. The highest BCUT2D eigenvalue weighted by molar-refractivity contribution is 6.35. The third-order valence-corrected chi connectivity index (χ3v) is 3.40.